The van der Waals surface area contributed by atoms with Crippen LogP contribution in [0.1, 0.15) is 18.1 Å². The summed E-state index contributed by atoms with van der Waals surface area (Å²) in [6, 6.07) is 0. The van der Waals surface area contributed by atoms with E-state index in [1.54, 1.807) is 0 Å². The first kappa shape index (κ1) is 9.17. The van der Waals surface area contributed by atoms with Crippen LogP contribution in [0, 0.1) is 0 Å². The van der Waals surface area contributed by atoms with E-state index in [4.69, 9.17) is 4.74 Å². The van der Waals surface area contributed by atoms with Crippen LogP contribution >= 0.6 is 0 Å². The molecule has 6 heteroatoms. The molecule has 0 radical (unpaired) electrons. The third kappa shape index (κ3) is 1.49. The van der Waals surface area contributed by atoms with Gasteiger partial charge in [-0.15, -0.1) is 0 Å². The summed E-state index contributed by atoms with van der Waals surface area (Å²) in [5, 5.41) is 9.47. The van der Waals surface area contributed by atoms with Crippen molar-refractivity contribution in [2.75, 3.05) is 6.61 Å². The summed E-state index contributed by atoms with van der Waals surface area (Å²) in [7, 11) is 0. The van der Waals surface area contributed by atoms with Crippen LogP contribution in [-0.4, -0.2) is 27.8 Å². The minimum Gasteiger partial charge on any atom is -0.390 e. The molecule has 2 rings (SSSR count). The van der Waals surface area contributed by atoms with E-state index in [-0.39, 0.29) is 5.56 Å². The van der Waals surface area contributed by atoms with Gasteiger partial charge in [-0.05, 0) is 6.42 Å². The zero-order valence-corrected chi connectivity index (χ0v) is 7.32. The molecular weight excluding hydrogens is 188 g/mol. The Kier molecular flexibility index (Phi) is 2.22. The molecule has 14 heavy (non-hydrogen) atoms. The molecule has 0 bridgehead atoms. The van der Waals surface area contributed by atoms with Crippen molar-refractivity contribution in [2.45, 2.75) is 18.6 Å². The number of ether oxygens (including phenoxy) is 1. The summed E-state index contributed by atoms with van der Waals surface area (Å²) >= 11 is 0. The SMILES string of the molecule is O=c1[nH]cc([C@@H]2OCC[C@H]2O)c(=O)[nH]1. The van der Waals surface area contributed by atoms with Gasteiger partial charge in [-0.25, -0.2) is 4.79 Å². The second kappa shape index (κ2) is 3.39. The third-order valence-electron chi connectivity index (χ3n) is 2.22. The van der Waals surface area contributed by atoms with Gasteiger partial charge in [0.1, 0.15) is 6.10 Å². The van der Waals surface area contributed by atoms with Gasteiger partial charge in [0.05, 0.1) is 18.3 Å². The molecule has 1 aliphatic heterocycles. The molecule has 1 fully saturated rings. The van der Waals surface area contributed by atoms with Crippen LogP contribution in [0.15, 0.2) is 15.8 Å². The summed E-state index contributed by atoms with van der Waals surface area (Å²) in [4.78, 5) is 26.4. The Bertz CT molecular complexity index is 435. The molecule has 2 heterocycles. The maximum atomic E-state index is 11.3. The standard InChI is InChI=1S/C8H10N2O4/c11-5-1-2-14-6(5)4-3-9-8(13)10-7(4)12/h3,5-6,11H,1-2H2,(H2,9,10,12,13)/t5-,6+/m1/s1. The molecule has 3 N–H and O–H groups in total. The van der Waals surface area contributed by atoms with E-state index in [0.717, 1.165) is 0 Å². The lowest BCUT2D eigenvalue weighted by atomic mass is 10.1. The van der Waals surface area contributed by atoms with Crippen molar-refractivity contribution in [3.8, 4) is 0 Å². The monoisotopic (exact) mass is 198 g/mol. The molecule has 2 atom stereocenters. The molecular formula is C8H10N2O4. The maximum absolute atomic E-state index is 11.3. The fourth-order valence-electron chi connectivity index (χ4n) is 1.51. The number of aliphatic hydroxyl groups is 1. The molecule has 0 saturated carbocycles. The second-order valence-corrected chi connectivity index (χ2v) is 3.17. The fourth-order valence-corrected chi connectivity index (χ4v) is 1.51. The van der Waals surface area contributed by atoms with Crippen LogP contribution in [0.5, 0.6) is 0 Å². The Hall–Kier alpha value is -1.40. The molecule has 1 saturated heterocycles. The number of aliphatic hydroxyl groups excluding tert-OH is 1. The van der Waals surface area contributed by atoms with E-state index in [2.05, 4.69) is 9.97 Å². The van der Waals surface area contributed by atoms with Gasteiger partial charge in [-0.1, -0.05) is 0 Å². The van der Waals surface area contributed by atoms with E-state index < -0.39 is 23.5 Å². The predicted molar refractivity (Wildman–Crippen MR) is 47.0 cm³/mol. The summed E-state index contributed by atoms with van der Waals surface area (Å²) in [6.45, 7) is 0.421. The van der Waals surface area contributed by atoms with Crippen molar-refractivity contribution in [1.82, 2.24) is 9.97 Å². The minimum atomic E-state index is -0.679. The van der Waals surface area contributed by atoms with Crippen molar-refractivity contribution < 1.29 is 9.84 Å². The highest BCUT2D eigenvalue weighted by Gasteiger charge is 2.29. The Morgan fingerprint density at radius 3 is 2.86 bits per heavy atom. The second-order valence-electron chi connectivity index (χ2n) is 3.17. The van der Waals surface area contributed by atoms with Gasteiger partial charge in [-0.2, -0.15) is 0 Å². The van der Waals surface area contributed by atoms with Gasteiger partial charge in [0.15, 0.2) is 0 Å². The molecule has 0 amide bonds. The van der Waals surface area contributed by atoms with Gasteiger partial charge >= 0.3 is 5.69 Å². The highest BCUT2D eigenvalue weighted by Crippen LogP contribution is 2.25. The van der Waals surface area contributed by atoms with Crippen LogP contribution in [0.25, 0.3) is 0 Å². The first-order chi connectivity index (χ1) is 6.68. The zero-order chi connectivity index (χ0) is 10.1. The number of aromatic nitrogens is 2. The van der Waals surface area contributed by atoms with Gasteiger partial charge in [0.25, 0.3) is 5.56 Å². The molecule has 1 aromatic heterocycles. The average Bonchev–Trinajstić information content (AvgIpc) is 2.52. The Morgan fingerprint density at radius 1 is 1.50 bits per heavy atom. The molecule has 1 aliphatic rings. The molecule has 0 aromatic carbocycles. The smallest absolute Gasteiger partial charge is 0.325 e. The van der Waals surface area contributed by atoms with E-state index in [1.807, 2.05) is 0 Å². The van der Waals surface area contributed by atoms with Crippen molar-refractivity contribution in [3.63, 3.8) is 0 Å². The summed E-state index contributed by atoms with van der Waals surface area (Å²) < 4.78 is 5.18. The summed E-state index contributed by atoms with van der Waals surface area (Å²) in [5.74, 6) is 0. The molecule has 0 aliphatic carbocycles. The van der Waals surface area contributed by atoms with E-state index in [0.29, 0.717) is 13.0 Å². The van der Waals surface area contributed by atoms with Gasteiger partial charge < -0.3 is 14.8 Å². The fraction of sp³-hybridized carbons (Fsp3) is 0.500. The van der Waals surface area contributed by atoms with Crippen molar-refractivity contribution in [1.29, 1.82) is 0 Å². The van der Waals surface area contributed by atoms with E-state index in [1.165, 1.54) is 6.20 Å². The Labute approximate surface area is 78.6 Å². The number of hydrogen-bond donors (Lipinski definition) is 3. The van der Waals surface area contributed by atoms with Crippen LogP contribution < -0.4 is 11.2 Å². The van der Waals surface area contributed by atoms with Gasteiger partial charge in [0.2, 0.25) is 0 Å². The lowest BCUT2D eigenvalue weighted by molar-refractivity contribution is 0.0405. The number of rotatable bonds is 1. The zero-order valence-electron chi connectivity index (χ0n) is 7.32. The van der Waals surface area contributed by atoms with Gasteiger partial charge in [0, 0.05) is 6.20 Å². The number of hydrogen-bond acceptors (Lipinski definition) is 4. The van der Waals surface area contributed by atoms with Crippen LogP contribution in [0.2, 0.25) is 0 Å². The molecule has 0 spiro atoms. The predicted octanol–water partition coefficient (Wildman–Crippen LogP) is -1.11. The van der Waals surface area contributed by atoms with Crippen molar-refractivity contribution in [2.24, 2.45) is 0 Å². The molecule has 0 unspecified atom stereocenters. The number of aromatic amines is 2. The van der Waals surface area contributed by atoms with Crippen LogP contribution in [0.3, 0.4) is 0 Å². The molecule has 76 valence electrons. The topological polar surface area (TPSA) is 95.2 Å². The summed E-state index contributed by atoms with van der Waals surface area (Å²) in [5.41, 5.74) is -0.819. The first-order valence-corrected chi connectivity index (χ1v) is 4.30. The lowest BCUT2D eigenvalue weighted by Crippen LogP contribution is -2.28. The van der Waals surface area contributed by atoms with Crippen molar-refractivity contribution in [3.05, 3.63) is 32.6 Å². The molecule has 1 aromatic rings. The van der Waals surface area contributed by atoms with Crippen LogP contribution in [0.4, 0.5) is 0 Å². The highest BCUT2D eigenvalue weighted by molar-refractivity contribution is 5.10. The normalized spacial score (nSPS) is 26.6. The minimum absolute atomic E-state index is 0.259. The van der Waals surface area contributed by atoms with Crippen LogP contribution in [-0.2, 0) is 4.74 Å². The molecule has 6 nitrogen and oxygen atoms in total. The van der Waals surface area contributed by atoms with Crippen molar-refractivity contribution >= 4 is 0 Å². The highest BCUT2D eigenvalue weighted by atomic mass is 16.5. The Morgan fingerprint density at radius 2 is 2.29 bits per heavy atom. The van der Waals surface area contributed by atoms with E-state index in [9.17, 15) is 14.7 Å². The average molecular weight is 198 g/mol. The number of nitrogens with one attached hydrogen (secondary N) is 2. The quantitative estimate of drug-likeness (QED) is 0.533. The lowest BCUT2D eigenvalue weighted by Gasteiger charge is -2.11. The first-order valence-electron chi connectivity index (χ1n) is 4.30. The summed E-state index contributed by atoms with van der Waals surface area (Å²) in [6.07, 6.45) is 0.474. The Balaban J connectivity index is 2.41. The maximum Gasteiger partial charge on any atom is 0.325 e. The third-order valence-corrected chi connectivity index (χ3v) is 2.22. The largest absolute Gasteiger partial charge is 0.390 e. The number of H-pyrrole nitrogens is 2. The van der Waals surface area contributed by atoms with Gasteiger partial charge in [-0.3, -0.25) is 9.78 Å². The van der Waals surface area contributed by atoms with E-state index >= 15 is 0 Å².